The van der Waals surface area contributed by atoms with Crippen LogP contribution in [0, 0.1) is 11.7 Å². The highest BCUT2D eigenvalue weighted by atomic mass is 35.5. The third-order valence-corrected chi connectivity index (χ3v) is 10.8. The molecule has 1 fully saturated rings. The fourth-order valence-corrected chi connectivity index (χ4v) is 7.20. The first kappa shape index (κ1) is 34.7. The molecular formula is C33H37Cl2FN2O6S. The first-order chi connectivity index (χ1) is 21.0. The molecule has 3 aromatic rings. The molecule has 3 aromatic carbocycles. The minimum absolute atomic E-state index is 0.157. The van der Waals surface area contributed by atoms with Crippen LogP contribution in [0.4, 0.5) is 10.1 Å². The minimum atomic E-state index is -4.20. The van der Waals surface area contributed by atoms with E-state index < -0.39 is 63.2 Å². The molecule has 1 aliphatic rings. The van der Waals surface area contributed by atoms with Crippen LogP contribution in [0.2, 0.25) is 10.0 Å². The number of carboxylic acid groups (broad SMARTS) is 1. The maximum Gasteiger partial charge on any atom is 0.306 e. The number of rotatable bonds is 10. The van der Waals surface area contributed by atoms with E-state index in [4.69, 9.17) is 27.9 Å². The summed E-state index contributed by atoms with van der Waals surface area (Å²) in [6.45, 7) is 7.92. The number of anilines is 1. The van der Waals surface area contributed by atoms with Gasteiger partial charge < -0.3 is 14.7 Å². The molecule has 4 atom stereocenters. The summed E-state index contributed by atoms with van der Waals surface area (Å²) in [7, 11) is -4.20. The van der Waals surface area contributed by atoms with Gasteiger partial charge >= 0.3 is 5.97 Å². The third-order valence-electron chi connectivity index (χ3n) is 7.84. The van der Waals surface area contributed by atoms with E-state index >= 15 is 4.39 Å². The number of morpholine rings is 1. The van der Waals surface area contributed by atoms with E-state index in [1.165, 1.54) is 43.9 Å². The smallest absolute Gasteiger partial charge is 0.306 e. The molecule has 242 valence electrons. The fourth-order valence-electron chi connectivity index (χ4n) is 5.46. The summed E-state index contributed by atoms with van der Waals surface area (Å²) in [5.41, 5.74) is 1.05. The predicted octanol–water partition coefficient (Wildman–Crippen LogP) is 7.28. The molecule has 1 aliphatic heterocycles. The first-order valence-corrected chi connectivity index (χ1v) is 16.7. The molecular weight excluding hydrogens is 642 g/mol. The summed E-state index contributed by atoms with van der Waals surface area (Å²) < 4.78 is 49.5. The lowest BCUT2D eigenvalue weighted by molar-refractivity contribution is -0.184. The lowest BCUT2D eigenvalue weighted by Gasteiger charge is -2.50. The average molecular weight is 680 g/mol. The van der Waals surface area contributed by atoms with Crippen molar-refractivity contribution < 1.29 is 32.2 Å². The summed E-state index contributed by atoms with van der Waals surface area (Å²) in [5.74, 6) is -2.99. The van der Waals surface area contributed by atoms with Crippen molar-refractivity contribution >= 4 is 50.8 Å². The standard InChI is InChI=1S/C33H37Cl2FN2O6S/c1-20(2)27(19-37(45(42,43)33(3,4)5)26-12-7-6-11-25(26)36)38-30(21-13-15-23(34)16-14-21)31(22-9-8-10-24(35)17-22)44-28(32(38)41)18-29(39)40/h6-17,20,27-28,30-31H,18-19H2,1-5H3,(H,39,40)/t27-,28?,30-,31-/m1/s1. The Labute approximate surface area is 273 Å². The highest BCUT2D eigenvalue weighted by Gasteiger charge is 2.49. The second-order valence-corrected chi connectivity index (χ2v) is 15.8. The van der Waals surface area contributed by atoms with Gasteiger partial charge in [0.1, 0.15) is 18.0 Å². The summed E-state index contributed by atoms with van der Waals surface area (Å²) in [6, 6.07) is 17.5. The minimum Gasteiger partial charge on any atom is -0.481 e. The summed E-state index contributed by atoms with van der Waals surface area (Å²) in [4.78, 5) is 27.8. The Morgan fingerprint density at radius 3 is 2.20 bits per heavy atom. The molecule has 1 N–H and O–H groups in total. The van der Waals surface area contributed by atoms with Crippen LogP contribution in [-0.4, -0.2) is 53.7 Å². The number of benzene rings is 3. The van der Waals surface area contributed by atoms with Gasteiger partial charge in [-0.3, -0.25) is 13.9 Å². The topological polar surface area (TPSA) is 104 Å². The Kier molecular flexibility index (Phi) is 10.5. The molecule has 1 heterocycles. The van der Waals surface area contributed by atoms with Crippen LogP contribution in [0.5, 0.6) is 0 Å². The Bertz CT molecular complexity index is 1650. The molecule has 0 bridgehead atoms. The molecule has 12 heteroatoms. The van der Waals surface area contributed by atoms with Crippen LogP contribution >= 0.6 is 23.2 Å². The van der Waals surface area contributed by atoms with Crippen molar-refractivity contribution in [2.75, 3.05) is 10.8 Å². The predicted molar refractivity (Wildman–Crippen MR) is 173 cm³/mol. The van der Waals surface area contributed by atoms with Gasteiger partial charge in [-0.05, 0) is 74.2 Å². The number of para-hydroxylation sites is 1. The number of hydrogen-bond donors (Lipinski definition) is 1. The molecule has 1 saturated heterocycles. The molecule has 1 unspecified atom stereocenters. The largest absolute Gasteiger partial charge is 0.481 e. The van der Waals surface area contributed by atoms with E-state index in [2.05, 4.69) is 0 Å². The van der Waals surface area contributed by atoms with E-state index in [1.54, 1.807) is 54.6 Å². The summed E-state index contributed by atoms with van der Waals surface area (Å²) >= 11 is 12.6. The molecule has 45 heavy (non-hydrogen) atoms. The molecule has 0 radical (unpaired) electrons. The second-order valence-electron chi connectivity index (χ2n) is 12.4. The van der Waals surface area contributed by atoms with Gasteiger partial charge in [0.15, 0.2) is 0 Å². The van der Waals surface area contributed by atoms with Crippen molar-refractivity contribution in [1.29, 1.82) is 0 Å². The first-order valence-electron chi connectivity index (χ1n) is 14.5. The van der Waals surface area contributed by atoms with Crippen molar-refractivity contribution in [2.45, 2.75) is 70.1 Å². The molecule has 0 aliphatic carbocycles. The van der Waals surface area contributed by atoms with Crippen LogP contribution in [-0.2, 0) is 24.3 Å². The number of nitrogens with zero attached hydrogens (tertiary/aromatic N) is 2. The van der Waals surface area contributed by atoms with Crippen LogP contribution in [0.15, 0.2) is 72.8 Å². The fraction of sp³-hybridized carbons (Fsp3) is 0.394. The number of hydrogen-bond acceptors (Lipinski definition) is 5. The quantitative estimate of drug-likeness (QED) is 0.242. The number of aliphatic carboxylic acids is 1. The van der Waals surface area contributed by atoms with E-state index in [1.807, 2.05) is 13.8 Å². The monoisotopic (exact) mass is 678 g/mol. The number of ether oxygens (including phenoxy) is 1. The van der Waals surface area contributed by atoms with E-state index in [0.717, 1.165) is 4.31 Å². The van der Waals surface area contributed by atoms with Crippen LogP contribution in [0.3, 0.4) is 0 Å². The number of halogens is 3. The number of carboxylic acids is 1. The third kappa shape index (κ3) is 7.46. The molecule has 4 rings (SSSR count). The SMILES string of the molecule is CC(C)[C@@H](CN(c1ccccc1F)S(=O)(=O)C(C)(C)C)N1C(=O)C(CC(=O)O)O[C@H](c2cccc(Cl)c2)[C@H]1c1ccc(Cl)cc1. The average Bonchev–Trinajstić information content (AvgIpc) is 2.95. The lowest BCUT2D eigenvalue weighted by atomic mass is 9.88. The Morgan fingerprint density at radius 1 is 1.00 bits per heavy atom. The van der Waals surface area contributed by atoms with Gasteiger partial charge in [0, 0.05) is 10.0 Å². The number of carbonyl (C=O) groups excluding carboxylic acids is 1. The number of carbonyl (C=O) groups is 2. The molecule has 1 amide bonds. The Balaban J connectivity index is 1.97. The number of sulfonamides is 1. The van der Waals surface area contributed by atoms with E-state index in [-0.39, 0.29) is 18.2 Å². The molecule has 0 spiro atoms. The van der Waals surface area contributed by atoms with Crippen molar-refractivity contribution in [3.8, 4) is 0 Å². The zero-order chi connectivity index (χ0) is 33.3. The van der Waals surface area contributed by atoms with E-state index in [9.17, 15) is 23.1 Å². The van der Waals surface area contributed by atoms with Gasteiger partial charge in [-0.15, -0.1) is 0 Å². The zero-order valence-electron chi connectivity index (χ0n) is 25.7. The number of amides is 1. The molecule has 0 saturated carbocycles. The van der Waals surface area contributed by atoms with Crippen molar-refractivity contribution in [3.05, 3.63) is 99.8 Å². The maximum absolute atomic E-state index is 15.3. The van der Waals surface area contributed by atoms with Crippen molar-refractivity contribution in [3.63, 3.8) is 0 Å². The van der Waals surface area contributed by atoms with Gasteiger partial charge in [-0.1, -0.05) is 73.4 Å². The summed E-state index contributed by atoms with van der Waals surface area (Å²) in [5, 5.41) is 10.6. The van der Waals surface area contributed by atoms with Gasteiger partial charge in [0.25, 0.3) is 5.91 Å². The Morgan fingerprint density at radius 2 is 1.64 bits per heavy atom. The van der Waals surface area contributed by atoms with Gasteiger partial charge in [-0.2, -0.15) is 0 Å². The Hall–Kier alpha value is -3.18. The zero-order valence-corrected chi connectivity index (χ0v) is 28.0. The van der Waals surface area contributed by atoms with E-state index in [0.29, 0.717) is 21.2 Å². The van der Waals surface area contributed by atoms with Crippen LogP contribution in [0.25, 0.3) is 0 Å². The summed E-state index contributed by atoms with van der Waals surface area (Å²) in [6.07, 6.45) is -2.91. The normalized spacial score (nSPS) is 19.9. The lowest BCUT2D eigenvalue weighted by Crippen LogP contribution is -2.60. The highest BCUT2D eigenvalue weighted by Crippen LogP contribution is 2.45. The molecule has 0 aromatic heterocycles. The van der Waals surface area contributed by atoms with Crippen LogP contribution in [0.1, 0.15) is 64.3 Å². The highest BCUT2D eigenvalue weighted by molar-refractivity contribution is 7.94. The van der Waals surface area contributed by atoms with Crippen LogP contribution < -0.4 is 4.31 Å². The van der Waals surface area contributed by atoms with Gasteiger partial charge in [-0.25, -0.2) is 12.8 Å². The van der Waals surface area contributed by atoms with Gasteiger partial charge in [0.05, 0.1) is 35.5 Å². The van der Waals surface area contributed by atoms with Crippen molar-refractivity contribution in [1.82, 2.24) is 4.90 Å². The molecule has 8 nitrogen and oxygen atoms in total. The second kappa shape index (κ2) is 13.7. The van der Waals surface area contributed by atoms with Crippen molar-refractivity contribution in [2.24, 2.45) is 5.92 Å². The van der Waals surface area contributed by atoms with Gasteiger partial charge in [0.2, 0.25) is 10.0 Å². The maximum atomic E-state index is 15.3.